The summed E-state index contributed by atoms with van der Waals surface area (Å²) in [5.41, 5.74) is 4.99. The summed E-state index contributed by atoms with van der Waals surface area (Å²) in [6, 6.07) is 12.6. The molecule has 4 N–H and O–H groups in total. The number of rotatable bonds is 6. The quantitative estimate of drug-likeness (QED) is 0.758. The molecule has 0 saturated carbocycles. The predicted molar refractivity (Wildman–Crippen MR) is 87.4 cm³/mol. The highest BCUT2D eigenvalue weighted by atomic mass is 35.5. The molecule has 4 nitrogen and oxygen atoms in total. The van der Waals surface area contributed by atoms with E-state index in [0.29, 0.717) is 10.6 Å². The van der Waals surface area contributed by atoms with Gasteiger partial charge in [-0.1, -0.05) is 41.9 Å². The summed E-state index contributed by atoms with van der Waals surface area (Å²) in [4.78, 5) is 11.9. The Balaban J connectivity index is 2.21. The van der Waals surface area contributed by atoms with Crippen LogP contribution in [0.25, 0.3) is 0 Å². The van der Waals surface area contributed by atoms with Crippen LogP contribution in [0.4, 0.5) is 4.39 Å². The van der Waals surface area contributed by atoms with Crippen molar-refractivity contribution in [2.24, 2.45) is 5.73 Å². The molecule has 0 radical (unpaired) electrons. The Bertz CT molecular complexity index is 710. The Morgan fingerprint density at radius 2 is 2.04 bits per heavy atom. The Morgan fingerprint density at radius 1 is 1.35 bits per heavy atom. The van der Waals surface area contributed by atoms with Crippen molar-refractivity contribution >= 4 is 17.5 Å². The summed E-state index contributed by atoms with van der Waals surface area (Å²) >= 11 is 5.96. The van der Waals surface area contributed by atoms with Gasteiger partial charge in [0.15, 0.2) is 0 Å². The largest absolute Gasteiger partial charge is 0.387 e. The van der Waals surface area contributed by atoms with E-state index in [0.717, 1.165) is 0 Å². The first-order valence-electron chi connectivity index (χ1n) is 7.08. The molecule has 122 valence electrons. The number of aliphatic hydroxyl groups excluding tert-OH is 1. The number of amides is 1. The number of carbonyl (C=O) groups excluding carboxylic acids is 1. The summed E-state index contributed by atoms with van der Waals surface area (Å²) in [5, 5.41) is 13.5. The van der Waals surface area contributed by atoms with Crippen LogP contribution in [0, 0.1) is 5.82 Å². The summed E-state index contributed by atoms with van der Waals surface area (Å²) in [7, 11) is 0. The minimum absolute atomic E-state index is 0.0487. The molecule has 0 saturated heterocycles. The van der Waals surface area contributed by atoms with Gasteiger partial charge in [-0.05, 0) is 30.7 Å². The third-order valence-electron chi connectivity index (χ3n) is 3.81. The standard InChI is InChI=1S/C17H18ClFN2O2/c1-17(16(20)23,11-5-4-6-12(18)9-11)21-10-15(22)13-7-2-3-8-14(13)19/h2-9,15,21-22H,10H2,1H3,(H2,20,23). The number of benzene rings is 2. The molecule has 2 aromatic rings. The topological polar surface area (TPSA) is 75.3 Å². The fourth-order valence-corrected chi connectivity index (χ4v) is 2.48. The third kappa shape index (κ3) is 3.88. The number of aliphatic hydroxyl groups is 1. The molecular formula is C17H18ClFN2O2. The van der Waals surface area contributed by atoms with Gasteiger partial charge in [0.2, 0.25) is 5.91 Å². The maximum atomic E-state index is 13.7. The second kappa shape index (κ2) is 7.08. The van der Waals surface area contributed by atoms with E-state index in [1.807, 2.05) is 0 Å². The van der Waals surface area contributed by atoms with E-state index in [2.05, 4.69) is 5.32 Å². The van der Waals surface area contributed by atoms with Gasteiger partial charge in [0, 0.05) is 17.1 Å². The van der Waals surface area contributed by atoms with Crippen LogP contribution in [0.1, 0.15) is 24.2 Å². The lowest BCUT2D eigenvalue weighted by molar-refractivity contribution is -0.124. The highest BCUT2D eigenvalue weighted by Gasteiger charge is 2.33. The van der Waals surface area contributed by atoms with Crippen molar-refractivity contribution < 1.29 is 14.3 Å². The highest BCUT2D eigenvalue weighted by molar-refractivity contribution is 6.30. The van der Waals surface area contributed by atoms with Gasteiger partial charge in [0.25, 0.3) is 0 Å². The number of carbonyl (C=O) groups is 1. The van der Waals surface area contributed by atoms with Crippen LogP contribution in [0.3, 0.4) is 0 Å². The zero-order chi connectivity index (χ0) is 17.0. The second-order valence-electron chi connectivity index (χ2n) is 5.42. The van der Waals surface area contributed by atoms with Gasteiger partial charge in [0.1, 0.15) is 11.4 Å². The van der Waals surface area contributed by atoms with Crippen LogP contribution >= 0.6 is 11.6 Å². The number of hydrogen-bond acceptors (Lipinski definition) is 3. The summed E-state index contributed by atoms with van der Waals surface area (Å²) in [6.45, 7) is 1.54. The van der Waals surface area contributed by atoms with Gasteiger partial charge in [-0.25, -0.2) is 4.39 Å². The first-order chi connectivity index (χ1) is 10.8. The van der Waals surface area contributed by atoms with Crippen molar-refractivity contribution in [3.8, 4) is 0 Å². The molecule has 0 aromatic heterocycles. The van der Waals surface area contributed by atoms with Gasteiger partial charge in [-0.3, -0.25) is 10.1 Å². The predicted octanol–water partition coefficient (Wildman–Crippen LogP) is 2.50. The number of primary amides is 1. The van der Waals surface area contributed by atoms with Crippen molar-refractivity contribution in [2.75, 3.05) is 6.54 Å². The lowest BCUT2D eigenvalue weighted by Gasteiger charge is -2.29. The van der Waals surface area contributed by atoms with Crippen molar-refractivity contribution in [1.29, 1.82) is 0 Å². The minimum atomic E-state index is -1.24. The van der Waals surface area contributed by atoms with Crippen LogP contribution in [0.2, 0.25) is 5.02 Å². The Hall–Kier alpha value is -1.95. The average molecular weight is 337 g/mol. The van der Waals surface area contributed by atoms with Crippen molar-refractivity contribution in [2.45, 2.75) is 18.6 Å². The molecule has 2 rings (SSSR count). The zero-order valence-corrected chi connectivity index (χ0v) is 13.3. The van der Waals surface area contributed by atoms with E-state index >= 15 is 0 Å². The molecule has 1 amide bonds. The zero-order valence-electron chi connectivity index (χ0n) is 12.6. The van der Waals surface area contributed by atoms with Crippen LogP contribution in [-0.2, 0) is 10.3 Å². The van der Waals surface area contributed by atoms with Crippen molar-refractivity contribution in [1.82, 2.24) is 5.32 Å². The van der Waals surface area contributed by atoms with Crippen LogP contribution in [0.5, 0.6) is 0 Å². The number of hydrogen-bond donors (Lipinski definition) is 3. The van der Waals surface area contributed by atoms with Crippen molar-refractivity contribution in [3.05, 3.63) is 70.5 Å². The fourth-order valence-electron chi connectivity index (χ4n) is 2.29. The summed E-state index contributed by atoms with van der Waals surface area (Å²) in [6.07, 6.45) is -1.12. The molecule has 6 heteroatoms. The SMILES string of the molecule is CC(NCC(O)c1ccccc1F)(C(N)=O)c1cccc(Cl)c1. The molecule has 0 heterocycles. The molecule has 0 spiro atoms. The van der Waals surface area contributed by atoms with Crippen LogP contribution < -0.4 is 11.1 Å². The lowest BCUT2D eigenvalue weighted by atomic mass is 9.90. The van der Waals surface area contributed by atoms with E-state index in [9.17, 15) is 14.3 Å². The number of nitrogens with two attached hydrogens (primary N) is 1. The molecule has 0 fully saturated rings. The molecular weight excluding hydrogens is 319 g/mol. The Morgan fingerprint density at radius 3 is 2.65 bits per heavy atom. The Kier molecular flexibility index (Phi) is 5.36. The van der Waals surface area contributed by atoms with Gasteiger partial charge in [0.05, 0.1) is 6.10 Å². The van der Waals surface area contributed by atoms with E-state index in [1.165, 1.54) is 12.1 Å². The van der Waals surface area contributed by atoms with E-state index < -0.39 is 23.4 Å². The monoisotopic (exact) mass is 336 g/mol. The molecule has 2 aromatic carbocycles. The van der Waals surface area contributed by atoms with Gasteiger partial charge in [-0.15, -0.1) is 0 Å². The maximum absolute atomic E-state index is 13.7. The molecule has 0 aliphatic carbocycles. The molecule has 2 unspecified atom stereocenters. The maximum Gasteiger partial charge on any atom is 0.242 e. The number of nitrogens with one attached hydrogen (secondary N) is 1. The second-order valence-corrected chi connectivity index (χ2v) is 5.85. The summed E-state index contributed by atoms with van der Waals surface area (Å²) < 4.78 is 13.7. The molecule has 23 heavy (non-hydrogen) atoms. The lowest BCUT2D eigenvalue weighted by Crippen LogP contribution is -2.51. The molecule has 2 atom stereocenters. The number of halogens is 2. The molecule has 0 aliphatic rings. The minimum Gasteiger partial charge on any atom is -0.387 e. The fraction of sp³-hybridized carbons (Fsp3) is 0.235. The first-order valence-corrected chi connectivity index (χ1v) is 7.46. The van der Waals surface area contributed by atoms with Crippen LogP contribution in [0.15, 0.2) is 48.5 Å². The highest BCUT2D eigenvalue weighted by Crippen LogP contribution is 2.25. The van der Waals surface area contributed by atoms with Gasteiger partial charge in [-0.2, -0.15) is 0 Å². The van der Waals surface area contributed by atoms with Gasteiger partial charge < -0.3 is 10.8 Å². The van der Waals surface area contributed by atoms with E-state index in [-0.39, 0.29) is 12.1 Å². The first kappa shape index (κ1) is 17.4. The summed E-state index contributed by atoms with van der Waals surface area (Å²) in [5.74, 6) is -1.13. The van der Waals surface area contributed by atoms with E-state index in [1.54, 1.807) is 43.3 Å². The van der Waals surface area contributed by atoms with E-state index in [4.69, 9.17) is 17.3 Å². The average Bonchev–Trinajstić information content (AvgIpc) is 2.52. The van der Waals surface area contributed by atoms with Crippen LogP contribution in [-0.4, -0.2) is 17.6 Å². The van der Waals surface area contributed by atoms with Crippen molar-refractivity contribution in [3.63, 3.8) is 0 Å². The normalized spacial score (nSPS) is 15.0. The third-order valence-corrected chi connectivity index (χ3v) is 4.04. The smallest absolute Gasteiger partial charge is 0.242 e. The molecule has 0 aliphatic heterocycles. The van der Waals surface area contributed by atoms with Gasteiger partial charge >= 0.3 is 0 Å². The molecule has 0 bridgehead atoms. The Labute approximate surface area is 139 Å².